The van der Waals surface area contributed by atoms with Crippen molar-refractivity contribution < 1.29 is 19.1 Å². The molecule has 0 aromatic carbocycles. The quantitative estimate of drug-likeness (QED) is 0.882. The van der Waals surface area contributed by atoms with Gasteiger partial charge in [0.1, 0.15) is 5.82 Å². The number of hydrogen-bond donors (Lipinski definition) is 2. The molecule has 0 saturated carbocycles. The van der Waals surface area contributed by atoms with Crippen molar-refractivity contribution in [2.24, 2.45) is 0 Å². The fourth-order valence-electron chi connectivity index (χ4n) is 1.66. The summed E-state index contributed by atoms with van der Waals surface area (Å²) in [5, 5.41) is 11.3. The molecule has 0 radical (unpaired) electrons. The molecule has 2 N–H and O–H groups in total. The van der Waals surface area contributed by atoms with Crippen LogP contribution in [0.5, 0.6) is 0 Å². The van der Waals surface area contributed by atoms with Crippen LogP contribution in [-0.2, 0) is 0 Å². The average molecular weight is 260 g/mol. The second kappa shape index (κ2) is 4.93. The van der Waals surface area contributed by atoms with Crippen molar-refractivity contribution in [3.8, 4) is 0 Å². The number of nitrogens with zero attached hydrogens (tertiary/aromatic N) is 1. The van der Waals surface area contributed by atoms with Gasteiger partial charge in [-0.15, -0.1) is 0 Å². The van der Waals surface area contributed by atoms with Crippen LogP contribution >= 0.6 is 0 Å². The number of furan rings is 1. The fraction of sp³-hybridized carbons (Fsp3) is 0.154. The van der Waals surface area contributed by atoms with Gasteiger partial charge in [0, 0.05) is 5.69 Å². The van der Waals surface area contributed by atoms with E-state index in [2.05, 4.69) is 10.3 Å². The molecule has 0 fully saturated rings. The molecule has 0 bridgehead atoms. The van der Waals surface area contributed by atoms with Gasteiger partial charge in [-0.2, -0.15) is 0 Å². The van der Waals surface area contributed by atoms with E-state index in [0.29, 0.717) is 5.82 Å². The number of amides is 1. The molecule has 0 spiro atoms. The highest BCUT2D eigenvalue weighted by molar-refractivity contribution is 6.02. The van der Waals surface area contributed by atoms with Gasteiger partial charge < -0.3 is 14.8 Å². The fourth-order valence-corrected chi connectivity index (χ4v) is 1.66. The molecular formula is C13H12N2O4. The van der Waals surface area contributed by atoms with Gasteiger partial charge in [0.15, 0.2) is 5.76 Å². The minimum Gasteiger partial charge on any atom is -0.475 e. The lowest BCUT2D eigenvalue weighted by molar-refractivity contribution is 0.0660. The first-order valence-electron chi connectivity index (χ1n) is 5.55. The van der Waals surface area contributed by atoms with Crippen LogP contribution in [0.25, 0.3) is 0 Å². The van der Waals surface area contributed by atoms with Crippen molar-refractivity contribution in [2.75, 3.05) is 5.32 Å². The zero-order valence-electron chi connectivity index (χ0n) is 10.4. The van der Waals surface area contributed by atoms with Crippen LogP contribution in [0.4, 0.5) is 5.82 Å². The first-order valence-corrected chi connectivity index (χ1v) is 5.55. The minimum absolute atomic E-state index is 0.0710. The highest BCUT2D eigenvalue weighted by Gasteiger charge is 2.15. The van der Waals surface area contributed by atoms with Gasteiger partial charge >= 0.3 is 5.97 Å². The molecule has 6 heteroatoms. The monoisotopic (exact) mass is 260 g/mol. The maximum atomic E-state index is 11.8. The first-order chi connectivity index (χ1) is 8.95. The van der Waals surface area contributed by atoms with Crippen molar-refractivity contribution in [1.82, 2.24) is 4.98 Å². The van der Waals surface area contributed by atoms with Crippen LogP contribution < -0.4 is 5.32 Å². The van der Waals surface area contributed by atoms with E-state index in [1.807, 2.05) is 19.9 Å². The Morgan fingerprint density at radius 2 is 1.89 bits per heavy atom. The number of pyridine rings is 1. The van der Waals surface area contributed by atoms with Gasteiger partial charge in [0.25, 0.3) is 5.91 Å². The lowest BCUT2D eigenvalue weighted by atomic mass is 10.2. The molecule has 0 saturated heterocycles. The molecule has 1 amide bonds. The molecule has 0 aliphatic heterocycles. The maximum absolute atomic E-state index is 11.8. The normalized spacial score (nSPS) is 10.2. The molecule has 2 aromatic rings. The van der Waals surface area contributed by atoms with Gasteiger partial charge in [0.2, 0.25) is 5.76 Å². The number of nitrogens with one attached hydrogen (secondary N) is 1. The molecule has 0 aliphatic carbocycles. The van der Waals surface area contributed by atoms with E-state index < -0.39 is 11.9 Å². The van der Waals surface area contributed by atoms with E-state index in [-0.39, 0.29) is 11.5 Å². The Hall–Kier alpha value is -2.63. The third-order valence-corrected chi connectivity index (χ3v) is 2.38. The summed E-state index contributed by atoms with van der Waals surface area (Å²) in [5.41, 5.74) is 1.74. The Balaban J connectivity index is 2.18. The van der Waals surface area contributed by atoms with Crippen molar-refractivity contribution in [3.05, 3.63) is 47.0 Å². The van der Waals surface area contributed by atoms with Crippen LogP contribution in [0.1, 0.15) is 32.4 Å². The standard InChI is InChI=1S/C13H12N2O4/c1-7-5-8(2)14-11(6-7)15-12(16)9-3-4-10(19-9)13(17)18/h3-6H,1-2H3,(H,17,18)(H,14,15,16). The van der Waals surface area contributed by atoms with E-state index in [9.17, 15) is 9.59 Å². The zero-order valence-corrected chi connectivity index (χ0v) is 10.4. The van der Waals surface area contributed by atoms with E-state index in [1.54, 1.807) is 6.07 Å². The summed E-state index contributed by atoms with van der Waals surface area (Å²) in [6.45, 7) is 3.71. The Labute approximate surface area is 109 Å². The molecule has 0 unspecified atom stereocenters. The Morgan fingerprint density at radius 1 is 1.21 bits per heavy atom. The molecule has 98 valence electrons. The van der Waals surface area contributed by atoms with Crippen molar-refractivity contribution in [1.29, 1.82) is 0 Å². The average Bonchev–Trinajstić information content (AvgIpc) is 2.76. The van der Waals surface area contributed by atoms with Crippen LogP contribution in [-0.4, -0.2) is 22.0 Å². The van der Waals surface area contributed by atoms with Gasteiger partial charge in [-0.1, -0.05) is 0 Å². The number of carbonyl (C=O) groups excluding carboxylic acids is 1. The van der Waals surface area contributed by atoms with Crippen LogP contribution in [0.15, 0.2) is 28.7 Å². The summed E-state index contributed by atoms with van der Waals surface area (Å²) in [5.74, 6) is -1.71. The third kappa shape index (κ3) is 2.98. The summed E-state index contributed by atoms with van der Waals surface area (Å²) in [4.78, 5) is 26.6. The molecular weight excluding hydrogens is 248 g/mol. The highest BCUT2D eigenvalue weighted by atomic mass is 16.4. The Kier molecular flexibility index (Phi) is 3.33. The number of anilines is 1. The lowest BCUT2D eigenvalue weighted by Crippen LogP contribution is -2.12. The zero-order chi connectivity index (χ0) is 14.0. The number of carboxylic acids is 1. The third-order valence-electron chi connectivity index (χ3n) is 2.38. The Bertz CT molecular complexity index is 626. The van der Waals surface area contributed by atoms with Crippen molar-refractivity contribution >= 4 is 17.7 Å². The van der Waals surface area contributed by atoms with Crippen molar-refractivity contribution in [2.45, 2.75) is 13.8 Å². The van der Waals surface area contributed by atoms with E-state index >= 15 is 0 Å². The smallest absolute Gasteiger partial charge is 0.371 e. The number of carbonyl (C=O) groups is 2. The van der Waals surface area contributed by atoms with E-state index in [0.717, 1.165) is 11.3 Å². The molecule has 6 nitrogen and oxygen atoms in total. The van der Waals surface area contributed by atoms with Crippen molar-refractivity contribution in [3.63, 3.8) is 0 Å². The summed E-state index contributed by atoms with van der Waals surface area (Å²) in [7, 11) is 0. The molecule has 19 heavy (non-hydrogen) atoms. The van der Waals surface area contributed by atoms with Gasteiger partial charge in [-0.3, -0.25) is 4.79 Å². The minimum atomic E-state index is -1.22. The van der Waals surface area contributed by atoms with Gasteiger partial charge in [-0.05, 0) is 43.7 Å². The number of aryl methyl sites for hydroxylation is 2. The SMILES string of the molecule is Cc1cc(C)nc(NC(=O)c2ccc(C(=O)O)o2)c1. The number of aromatic carboxylic acids is 1. The van der Waals surface area contributed by atoms with Crippen LogP contribution in [0, 0.1) is 13.8 Å². The summed E-state index contributed by atoms with van der Waals surface area (Å²) >= 11 is 0. The molecule has 0 atom stereocenters. The highest BCUT2D eigenvalue weighted by Crippen LogP contribution is 2.13. The second-order valence-electron chi connectivity index (χ2n) is 4.09. The first kappa shape index (κ1) is 12.8. The largest absolute Gasteiger partial charge is 0.475 e. The number of aromatic nitrogens is 1. The number of carboxylic acid groups (broad SMARTS) is 1. The van der Waals surface area contributed by atoms with E-state index in [1.165, 1.54) is 12.1 Å². The molecule has 2 aromatic heterocycles. The van der Waals surface area contributed by atoms with Gasteiger partial charge in [-0.25, -0.2) is 9.78 Å². The molecule has 2 rings (SSSR count). The summed E-state index contributed by atoms with van der Waals surface area (Å²) in [6.07, 6.45) is 0. The summed E-state index contributed by atoms with van der Waals surface area (Å²) < 4.78 is 4.90. The molecule has 0 aliphatic rings. The second-order valence-corrected chi connectivity index (χ2v) is 4.09. The Morgan fingerprint density at radius 3 is 2.47 bits per heavy atom. The van der Waals surface area contributed by atoms with Crippen LogP contribution in [0.3, 0.4) is 0 Å². The predicted molar refractivity (Wildman–Crippen MR) is 67.3 cm³/mol. The maximum Gasteiger partial charge on any atom is 0.371 e. The van der Waals surface area contributed by atoms with Gasteiger partial charge in [0.05, 0.1) is 0 Å². The number of rotatable bonds is 3. The summed E-state index contributed by atoms with van der Waals surface area (Å²) in [6, 6.07) is 6.13. The van der Waals surface area contributed by atoms with E-state index in [4.69, 9.17) is 9.52 Å². The number of hydrogen-bond acceptors (Lipinski definition) is 4. The lowest BCUT2D eigenvalue weighted by Gasteiger charge is -2.04. The van der Waals surface area contributed by atoms with Crippen LogP contribution in [0.2, 0.25) is 0 Å². The molecule has 2 heterocycles. The predicted octanol–water partition coefficient (Wildman–Crippen LogP) is 2.24. The topological polar surface area (TPSA) is 92.4 Å².